The number of alkyl halides is 1. The molecule has 1 aromatic rings. The summed E-state index contributed by atoms with van der Waals surface area (Å²) in [6.07, 6.45) is 7.29. The van der Waals surface area contributed by atoms with Gasteiger partial charge in [0.25, 0.3) is 0 Å². The van der Waals surface area contributed by atoms with Gasteiger partial charge in [0.05, 0.1) is 0 Å². The molecule has 0 aromatic carbocycles. The number of aromatic nitrogens is 2. The maximum absolute atomic E-state index is 4.30. The summed E-state index contributed by atoms with van der Waals surface area (Å²) in [5, 5.41) is 1.13. The minimum absolute atomic E-state index is 0.830. The standard InChI is InChI=1S/C11H16BrN3/c12-8-10-2-1-6-15(7-4-10)11-3-5-13-9-14-11/h3,5,9-10H,1-2,4,6-8H2. The highest BCUT2D eigenvalue weighted by Crippen LogP contribution is 2.21. The molecule has 1 unspecified atom stereocenters. The maximum atomic E-state index is 4.30. The Labute approximate surface area is 99.0 Å². The Morgan fingerprint density at radius 3 is 3.07 bits per heavy atom. The van der Waals surface area contributed by atoms with Gasteiger partial charge >= 0.3 is 0 Å². The summed E-state index contributed by atoms with van der Waals surface area (Å²) in [4.78, 5) is 10.6. The highest BCUT2D eigenvalue weighted by atomic mass is 79.9. The molecule has 0 N–H and O–H groups in total. The van der Waals surface area contributed by atoms with Crippen LogP contribution in [0.2, 0.25) is 0 Å². The predicted octanol–water partition coefficient (Wildman–Crippen LogP) is 2.48. The molecule has 15 heavy (non-hydrogen) atoms. The molecular weight excluding hydrogens is 254 g/mol. The molecule has 82 valence electrons. The van der Waals surface area contributed by atoms with Gasteiger partial charge in [-0.25, -0.2) is 9.97 Å². The van der Waals surface area contributed by atoms with Gasteiger partial charge in [-0.1, -0.05) is 15.9 Å². The second-order valence-corrected chi connectivity index (χ2v) is 4.65. The van der Waals surface area contributed by atoms with Crippen LogP contribution < -0.4 is 4.90 Å². The van der Waals surface area contributed by atoms with E-state index < -0.39 is 0 Å². The molecule has 1 saturated heterocycles. The van der Waals surface area contributed by atoms with Crippen molar-refractivity contribution in [3.8, 4) is 0 Å². The largest absolute Gasteiger partial charge is 0.357 e. The monoisotopic (exact) mass is 269 g/mol. The van der Waals surface area contributed by atoms with Crippen LogP contribution in [0.25, 0.3) is 0 Å². The Morgan fingerprint density at radius 1 is 1.40 bits per heavy atom. The molecule has 0 amide bonds. The quantitative estimate of drug-likeness (QED) is 0.773. The lowest BCUT2D eigenvalue weighted by molar-refractivity contribution is 0.533. The number of anilines is 1. The second-order valence-electron chi connectivity index (χ2n) is 4.01. The number of nitrogens with zero attached hydrogens (tertiary/aromatic N) is 3. The Bertz CT molecular complexity index is 291. The summed E-state index contributed by atoms with van der Waals surface area (Å²) in [6, 6.07) is 1.99. The zero-order valence-electron chi connectivity index (χ0n) is 8.77. The van der Waals surface area contributed by atoms with Crippen molar-refractivity contribution in [2.45, 2.75) is 19.3 Å². The van der Waals surface area contributed by atoms with Crippen LogP contribution in [0, 0.1) is 5.92 Å². The van der Waals surface area contributed by atoms with Crippen LogP contribution in [0.15, 0.2) is 18.6 Å². The van der Waals surface area contributed by atoms with Gasteiger partial charge in [0, 0.05) is 24.6 Å². The number of hydrogen-bond acceptors (Lipinski definition) is 3. The minimum atomic E-state index is 0.830. The lowest BCUT2D eigenvalue weighted by Crippen LogP contribution is -2.25. The third-order valence-corrected chi connectivity index (χ3v) is 3.87. The van der Waals surface area contributed by atoms with Crippen LogP contribution in [0.1, 0.15) is 19.3 Å². The first kappa shape index (κ1) is 10.9. The van der Waals surface area contributed by atoms with Crippen LogP contribution in [0.3, 0.4) is 0 Å². The minimum Gasteiger partial charge on any atom is -0.357 e. The molecule has 2 rings (SSSR count). The zero-order chi connectivity index (χ0) is 10.5. The van der Waals surface area contributed by atoms with E-state index in [9.17, 15) is 0 Å². The fourth-order valence-electron chi connectivity index (χ4n) is 2.02. The SMILES string of the molecule is BrCC1CCCN(c2ccncn2)CC1. The van der Waals surface area contributed by atoms with Gasteiger partial charge in [0.1, 0.15) is 12.1 Å². The number of rotatable bonds is 2. The lowest BCUT2D eigenvalue weighted by Gasteiger charge is -2.20. The molecule has 2 heterocycles. The van der Waals surface area contributed by atoms with Crippen molar-refractivity contribution in [3.63, 3.8) is 0 Å². The highest BCUT2D eigenvalue weighted by Gasteiger charge is 2.16. The van der Waals surface area contributed by atoms with E-state index in [1.165, 1.54) is 19.3 Å². The molecule has 0 bridgehead atoms. The second kappa shape index (κ2) is 5.45. The summed E-state index contributed by atoms with van der Waals surface area (Å²) in [7, 11) is 0. The molecule has 0 radical (unpaired) electrons. The third kappa shape index (κ3) is 2.91. The number of hydrogen-bond donors (Lipinski definition) is 0. The van der Waals surface area contributed by atoms with Gasteiger partial charge in [0.15, 0.2) is 0 Å². The van der Waals surface area contributed by atoms with Crippen molar-refractivity contribution in [3.05, 3.63) is 18.6 Å². The molecule has 1 aliphatic rings. The van der Waals surface area contributed by atoms with E-state index in [0.29, 0.717) is 0 Å². The Morgan fingerprint density at radius 2 is 2.33 bits per heavy atom. The first-order chi connectivity index (χ1) is 7.40. The van der Waals surface area contributed by atoms with Crippen molar-refractivity contribution >= 4 is 21.7 Å². The molecule has 4 heteroatoms. The van der Waals surface area contributed by atoms with Gasteiger partial charge in [-0.3, -0.25) is 0 Å². The number of halogens is 1. The Kier molecular flexibility index (Phi) is 3.94. The van der Waals surface area contributed by atoms with E-state index in [2.05, 4.69) is 30.8 Å². The van der Waals surface area contributed by atoms with E-state index in [-0.39, 0.29) is 0 Å². The van der Waals surface area contributed by atoms with Crippen molar-refractivity contribution in [1.29, 1.82) is 0 Å². The van der Waals surface area contributed by atoms with Crippen molar-refractivity contribution < 1.29 is 0 Å². The molecule has 1 fully saturated rings. The van der Waals surface area contributed by atoms with Gasteiger partial charge < -0.3 is 4.90 Å². The topological polar surface area (TPSA) is 29.0 Å². The first-order valence-electron chi connectivity index (χ1n) is 5.47. The van der Waals surface area contributed by atoms with Crippen LogP contribution in [-0.4, -0.2) is 28.4 Å². The Hall–Kier alpha value is -0.640. The molecule has 1 aromatic heterocycles. The fraction of sp³-hybridized carbons (Fsp3) is 0.636. The van der Waals surface area contributed by atoms with Gasteiger partial charge in [-0.15, -0.1) is 0 Å². The van der Waals surface area contributed by atoms with E-state index in [1.807, 2.05) is 12.3 Å². The van der Waals surface area contributed by atoms with Crippen LogP contribution in [-0.2, 0) is 0 Å². The van der Waals surface area contributed by atoms with Gasteiger partial charge in [-0.05, 0) is 31.2 Å². The molecular formula is C11H16BrN3. The summed E-state index contributed by atoms with van der Waals surface area (Å²) < 4.78 is 0. The molecule has 1 atom stereocenters. The van der Waals surface area contributed by atoms with E-state index in [1.54, 1.807) is 6.33 Å². The van der Waals surface area contributed by atoms with Gasteiger partial charge in [0.2, 0.25) is 0 Å². The fourth-order valence-corrected chi connectivity index (χ4v) is 2.67. The van der Waals surface area contributed by atoms with Gasteiger partial charge in [-0.2, -0.15) is 0 Å². The zero-order valence-corrected chi connectivity index (χ0v) is 10.4. The van der Waals surface area contributed by atoms with Crippen molar-refractivity contribution in [2.24, 2.45) is 5.92 Å². The summed E-state index contributed by atoms with van der Waals surface area (Å²) >= 11 is 3.58. The van der Waals surface area contributed by atoms with E-state index in [0.717, 1.165) is 30.2 Å². The normalized spacial score (nSPS) is 22.5. The van der Waals surface area contributed by atoms with Crippen LogP contribution in [0.4, 0.5) is 5.82 Å². The van der Waals surface area contributed by atoms with Crippen LogP contribution >= 0.6 is 15.9 Å². The molecule has 0 spiro atoms. The molecule has 1 aliphatic heterocycles. The molecule has 0 aliphatic carbocycles. The third-order valence-electron chi connectivity index (χ3n) is 2.96. The molecule has 0 saturated carbocycles. The summed E-state index contributed by atoms with van der Waals surface area (Å²) in [5.74, 6) is 1.90. The van der Waals surface area contributed by atoms with Crippen LogP contribution in [0.5, 0.6) is 0 Å². The smallest absolute Gasteiger partial charge is 0.131 e. The average Bonchev–Trinajstić information content (AvgIpc) is 2.55. The predicted molar refractivity (Wildman–Crippen MR) is 65.4 cm³/mol. The Balaban J connectivity index is 2.00. The molecule has 3 nitrogen and oxygen atoms in total. The first-order valence-corrected chi connectivity index (χ1v) is 6.59. The average molecular weight is 270 g/mol. The maximum Gasteiger partial charge on any atom is 0.131 e. The highest BCUT2D eigenvalue weighted by molar-refractivity contribution is 9.09. The van der Waals surface area contributed by atoms with Crippen molar-refractivity contribution in [2.75, 3.05) is 23.3 Å². The van der Waals surface area contributed by atoms with Crippen molar-refractivity contribution in [1.82, 2.24) is 9.97 Å². The summed E-state index contributed by atoms with van der Waals surface area (Å²) in [5.41, 5.74) is 0. The van der Waals surface area contributed by atoms with E-state index >= 15 is 0 Å². The summed E-state index contributed by atoms with van der Waals surface area (Å²) in [6.45, 7) is 2.24. The lowest BCUT2D eigenvalue weighted by atomic mass is 10.0. The van der Waals surface area contributed by atoms with E-state index in [4.69, 9.17) is 0 Å².